The molecule has 0 spiro atoms. The fourth-order valence-electron chi connectivity index (χ4n) is 2.10. The number of aryl methyl sites for hydroxylation is 1. The average molecular weight is 314 g/mol. The van der Waals surface area contributed by atoms with Crippen molar-refractivity contribution in [3.63, 3.8) is 0 Å². The van der Waals surface area contributed by atoms with E-state index in [2.05, 4.69) is 18.8 Å². The number of rotatable bonds is 5. The van der Waals surface area contributed by atoms with Crippen molar-refractivity contribution in [1.82, 2.24) is 4.98 Å². The SMILES string of the molecule is Cc1ccc(SC(C(=O)N(C)c2ccccc2)C(C)C)nc1. The van der Waals surface area contributed by atoms with Crippen molar-refractivity contribution >= 4 is 23.4 Å². The minimum atomic E-state index is -0.152. The molecule has 3 nitrogen and oxygen atoms in total. The van der Waals surface area contributed by atoms with Crippen molar-refractivity contribution in [3.05, 3.63) is 54.2 Å². The lowest BCUT2D eigenvalue weighted by atomic mass is 10.1. The molecule has 2 aromatic rings. The molecule has 0 saturated carbocycles. The lowest BCUT2D eigenvalue weighted by Crippen LogP contribution is -2.37. The summed E-state index contributed by atoms with van der Waals surface area (Å²) in [5.74, 6) is 0.334. The topological polar surface area (TPSA) is 33.2 Å². The molecule has 0 aliphatic carbocycles. The molecule has 2 rings (SSSR count). The summed E-state index contributed by atoms with van der Waals surface area (Å²) in [6, 6.07) is 13.7. The van der Waals surface area contributed by atoms with Gasteiger partial charge in [0.1, 0.15) is 0 Å². The average Bonchev–Trinajstić information content (AvgIpc) is 2.53. The molecule has 0 radical (unpaired) electrons. The Morgan fingerprint density at radius 2 is 1.82 bits per heavy atom. The predicted molar refractivity (Wildman–Crippen MR) is 93.3 cm³/mol. The zero-order chi connectivity index (χ0) is 16.1. The third-order valence-electron chi connectivity index (χ3n) is 3.45. The maximum absolute atomic E-state index is 12.8. The van der Waals surface area contributed by atoms with Crippen LogP contribution in [0.3, 0.4) is 0 Å². The molecule has 22 heavy (non-hydrogen) atoms. The number of benzene rings is 1. The van der Waals surface area contributed by atoms with E-state index in [0.717, 1.165) is 16.3 Å². The number of pyridine rings is 1. The lowest BCUT2D eigenvalue weighted by molar-refractivity contribution is -0.118. The normalized spacial score (nSPS) is 12.2. The number of carbonyl (C=O) groups is 1. The van der Waals surface area contributed by atoms with Crippen LogP contribution in [0.5, 0.6) is 0 Å². The molecule has 1 unspecified atom stereocenters. The predicted octanol–water partition coefficient (Wildman–Crippen LogP) is 4.17. The van der Waals surface area contributed by atoms with Crippen molar-refractivity contribution < 1.29 is 4.79 Å². The molecular weight excluding hydrogens is 292 g/mol. The van der Waals surface area contributed by atoms with Crippen molar-refractivity contribution in [2.75, 3.05) is 11.9 Å². The van der Waals surface area contributed by atoms with Gasteiger partial charge in [-0.2, -0.15) is 0 Å². The van der Waals surface area contributed by atoms with E-state index in [1.54, 1.807) is 4.90 Å². The molecule has 0 aliphatic heterocycles. The van der Waals surface area contributed by atoms with Crippen LogP contribution in [0.25, 0.3) is 0 Å². The van der Waals surface area contributed by atoms with Gasteiger partial charge in [0.15, 0.2) is 0 Å². The van der Waals surface area contributed by atoms with E-state index >= 15 is 0 Å². The Balaban J connectivity index is 2.16. The fourth-order valence-corrected chi connectivity index (χ4v) is 3.15. The van der Waals surface area contributed by atoms with Gasteiger partial charge in [-0.3, -0.25) is 4.79 Å². The van der Waals surface area contributed by atoms with Crippen LogP contribution in [0.2, 0.25) is 0 Å². The van der Waals surface area contributed by atoms with E-state index in [4.69, 9.17) is 0 Å². The van der Waals surface area contributed by atoms with Crippen LogP contribution in [0.15, 0.2) is 53.7 Å². The number of anilines is 1. The molecule has 1 aromatic heterocycles. The Bertz CT molecular complexity index is 611. The third-order valence-corrected chi connectivity index (χ3v) is 4.94. The van der Waals surface area contributed by atoms with Crippen LogP contribution >= 0.6 is 11.8 Å². The Morgan fingerprint density at radius 3 is 2.36 bits per heavy atom. The first-order valence-electron chi connectivity index (χ1n) is 7.41. The number of hydrogen-bond acceptors (Lipinski definition) is 3. The van der Waals surface area contributed by atoms with E-state index in [9.17, 15) is 4.79 Å². The number of thioether (sulfide) groups is 1. The number of amides is 1. The van der Waals surface area contributed by atoms with Gasteiger partial charge in [-0.1, -0.05) is 49.9 Å². The van der Waals surface area contributed by atoms with Gasteiger partial charge >= 0.3 is 0 Å². The minimum absolute atomic E-state index is 0.105. The second kappa shape index (κ2) is 7.45. The van der Waals surface area contributed by atoms with Gasteiger partial charge in [-0.05, 0) is 36.6 Å². The highest BCUT2D eigenvalue weighted by atomic mass is 32.2. The summed E-state index contributed by atoms with van der Waals surface area (Å²) in [6.07, 6.45) is 1.84. The molecule has 0 fully saturated rings. The van der Waals surface area contributed by atoms with Gasteiger partial charge in [-0.15, -0.1) is 0 Å². The maximum Gasteiger partial charge on any atom is 0.240 e. The number of hydrogen-bond donors (Lipinski definition) is 0. The van der Waals surface area contributed by atoms with Gasteiger partial charge in [-0.25, -0.2) is 4.98 Å². The molecule has 116 valence electrons. The number of aromatic nitrogens is 1. The quantitative estimate of drug-likeness (QED) is 0.777. The summed E-state index contributed by atoms with van der Waals surface area (Å²) in [6.45, 7) is 6.15. The van der Waals surface area contributed by atoms with E-state index in [0.29, 0.717) is 0 Å². The van der Waals surface area contributed by atoms with Gasteiger partial charge in [0, 0.05) is 18.9 Å². The zero-order valence-electron chi connectivity index (χ0n) is 13.5. The standard InChI is InChI=1S/C18H22N2OS/c1-13(2)17(22-16-11-10-14(3)12-19-16)18(21)20(4)15-8-6-5-7-9-15/h5-13,17H,1-4H3. The number of carbonyl (C=O) groups excluding carboxylic acids is 1. The highest BCUT2D eigenvalue weighted by Gasteiger charge is 2.27. The molecule has 0 bridgehead atoms. The molecule has 1 amide bonds. The molecule has 0 N–H and O–H groups in total. The summed E-state index contributed by atoms with van der Waals surface area (Å²) in [7, 11) is 1.83. The molecule has 0 saturated heterocycles. The van der Waals surface area contributed by atoms with Gasteiger partial charge < -0.3 is 4.90 Å². The lowest BCUT2D eigenvalue weighted by Gasteiger charge is -2.25. The van der Waals surface area contributed by atoms with Crippen molar-refractivity contribution in [2.45, 2.75) is 31.0 Å². The van der Waals surface area contributed by atoms with Crippen LogP contribution in [0.1, 0.15) is 19.4 Å². The Labute approximate surface area is 136 Å². The summed E-state index contributed by atoms with van der Waals surface area (Å²) < 4.78 is 0. The number of para-hydroxylation sites is 1. The Morgan fingerprint density at radius 1 is 1.14 bits per heavy atom. The molecule has 1 atom stereocenters. The highest BCUT2D eigenvalue weighted by molar-refractivity contribution is 8.00. The monoisotopic (exact) mass is 314 g/mol. The van der Waals surface area contributed by atoms with Crippen molar-refractivity contribution in [3.8, 4) is 0 Å². The fraction of sp³-hybridized carbons (Fsp3) is 0.333. The largest absolute Gasteiger partial charge is 0.315 e. The molecule has 4 heteroatoms. The van der Waals surface area contributed by atoms with Gasteiger partial charge in [0.05, 0.1) is 10.3 Å². The smallest absolute Gasteiger partial charge is 0.240 e. The van der Waals surface area contributed by atoms with Gasteiger partial charge in [0.25, 0.3) is 0 Å². The summed E-state index contributed by atoms with van der Waals surface area (Å²) >= 11 is 1.53. The van der Waals surface area contributed by atoms with E-state index < -0.39 is 0 Å². The molecule has 0 aliphatic rings. The van der Waals surface area contributed by atoms with E-state index in [-0.39, 0.29) is 17.1 Å². The van der Waals surface area contributed by atoms with Gasteiger partial charge in [0.2, 0.25) is 5.91 Å². The first kappa shape index (κ1) is 16.6. The molecular formula is C18H22N2OS. The van der Waals surface area contributed by atoms with Crippen molar-refractivity contribution in [2.24, 2.45) is 5.92 Å². The summed E-state index contributed by atoms with van der Waals surface area (Å²) in [5, 5.41) is 0.736. The first-order chi connectivity index (χ1) is 10.5. The zero-order valence-corrected chi connectivity index (χ0v) is 14.3. The van der Waals surface area contributed by atoms with Crippen LogP contribution in [0, 0.1) is 12.8 Å². The van der Waals surface area contributed by atoms with Crippen LogP contribution in [-0.2, 0) is 4.79 Å². The van der Waals surface area contributed by atoms with Crippen molar-refractivity contribution in [1.29, 1.82) is 0 Å². The second-order valence-corrected chi connectivity index (χ2v) is 6.85. The highest BCUT2D eigenvalue weighted by Crippen LogP contribution is 2.29. The van der Waals surface area contributed by atoms with Crippen LogP contribution in [0.4, 0.5) is 5.69 Å². The number of nitrogens with zero attached hydrogens (tertiary/aromatic N) is 2. The minimum Gasteiger partial charge on any atom is -0.315 e. The first-order valence-corrected chi connectivity index (χ1v) is 8.29. The Kier molecular flexibility index (Phi) is 5.61. The second-order valence-electron chi connectivity index (χ2n) is 5.69. The molecule has 1 aromatic carbocycles. The van der Waals surface area contributed by atoms with E-state index in [1.165, 1.54) is 11.8 Å². The summed E-state index contributed by atoms with van der Waals surface area (Å²) in [4.78, 5) is 19.0. The summed E-state index contributed by atoms with van der Waals surface area (Å²) in [5.41, 5.74) is 2.04. The van der Waals surface area contributed by atoms with Crippen LogP contribution in [-0.4, -0.2) is 23.2 Å². The molecule has 1 heterocycles. The maximum atomic E-state index is 12.8. The Hall–Kier alpha value is -1.81. The van der Waals surface area contributed by atoms with E-state index in [1.807, 2.05) is 62.6 Å². The van der Waals surface area contributed by atoms with Crippen LogP contribution < -0.4 is 4.90 Å². The third kappa shape index (κ3) is 4.10.